The molecule has 1 heterocycles. The van der Waals surface area contributed by atoms with Gasteiger partial charge in [-0.3, -0.25) is 4.79 Å². The van der Waals surface area contributed by atoms with Crippen LogP contribution in [-0.2, 0) is 17.6 Å². The first kappa shape index (κ1) is 20.6. The first-order chi connectivity index (χ1) is 13.5. The van der Waals surface area contributed by atoms with Gasteiger partial charge in [0, 0.05) is 17.1 Å². The number of ether oxygens (including phenoxy) is 1. The summed E-state index contributed by atoms with van der Waals surface area (Å²) >= 11 is 12.6. The van der Waals surface area contributed by atoms with Crippen molar-refractivity contribution in [2.24, 2.45) is 0 Å². The molecule has 0 bridgehead atoms. The largest absolute Gasteiger partial charge is 0.481 e. The number of carbonyl (C=O) groups is 1. The molecule has 0 saturated heterocycles. The smallest absolute Gasteiger partial charge is 0.307 e. The summed E-state index contributed by atoms with van der Waals surface area (Å²) in [6.45, 7) is 2.21. The summed E-state index contributed by atoms with van der Waals surface area (Å²) in [6, 6.07) is 8.97. The van der Waals surface area contributed by atoms with Crippen LogP contribution in [0.1, 0.15) is 43.7 Å². The number of rotatable bonds is 9. The van der Waals surface area contributed by atoms with Gasteiger partial charge in [0.25, 0.3) is 0 Å². The van der Waals surface area contributed by atoms with E-state index >= 15 is 0 Å². The predicted molar refractivity (Wildman–Crippen MR) is 114 cm³/mol. The number of halogens is 2. The summed E-state index contributed by atoms with van der Waals surface area (Å²) in [7, 11) is 0. The average molecular weight is 420 g/mol. The Balaban J connectivity index is 1.81. The highest BCUT2D eigenvalue weighted by Crippen LogP contribution is 2.38. The molecule has 0 unspecified atom stereocenters. The normalized spacial score (nSPS) is 11.1. The number of aliphatic carboxylic acids is 1. The van der Waals surface area contributed by atoms with Crippen LogP contribution < -0.4 is 4.74 Å². The Kier molecular flexibility index (Phi) is 6.87. The number of aromatic amines is 1. The van der Waals surface area contributed by atoms with Crippen LogP contribution in [-0.4, -0.2) is 16.1 Å². The van der Waals surface area contributed by atoms with Crippen LogP contribution in [0.5, 0.6) is 11.5 Å². The zero-order valence-electron chi connectivity index (χ0n) is 15.7. The lowest BCUT2D eigenvalue weighted by atomic mass is 10.1. The Morgan fingerprint density at radius 3 is 2.54 bits per heavy atom. The molecule has 148 valence electrons. The minimum absolute atomic E-state index is 0.142. The van der Waals surface area contributed by atoms with Crippen LogP contribution in [0, 0.1) is 0 Å². The van der Waals surface area contributed by atoms with Gasteiger partial charge in [-0.15, -0.1) is 0 Å². The van der Waals surface area contributed by atoms with Gasteiger partial charge in [-0.1, -0.05) is 49.4 Å². The fraction of sp³-hybridized carbons (Fsp3) is 0.318. The third-order valence-corrected chi connectivity index (χ3v) is 5.23. The molecule has 3 aromatic rings. The van der Waals surface area contributed by atoms with Gasteiger partial charge in [-0.05, 0) is 54.3 Å². The molecule has 0 amide bonds. The van der Waals surface area contributed by atoms with Crippen molar-refractivity contribution in [2.75, 3.05) is 0 Å². The zero-order chi connectivity index (χ0) is 20.1. The third-order valence-electron chi connectivity index (χ3n) is 4.67. The van der Waals surface area contributed by atoms with E-state index < -0.39 is 5.97 Å². The second-order valence-electron chi connectivity index (χ2n) is 6.89. The first-order valence-electron chi connectivity index (χ1n) is 9.45. The van der Waals surface area contributed by atoms with Crippen molar-refractivity contribution in [3.8, 4) is 11.5 Å². The van der Waals surface area contributed by atoms with E-state index in [-0.39, 0.29) is 16.5 Å². The molecule has 0 spiro atoms. The van der Waals surface area contributed by atoms with Gasteiger partial charge in [0.1, 0.15) is 5.75 Å². The Morgan fingerprint density at radius 2 is 1.86 bits per heavy atom. The van der Waals surface area contributed by atoms with Crippen molar-refractivity contribution in [3.63, 3.8) is 0 Å². The maximum atomic E-state index is 10.9. The highest BCUT2D eigenvalue weighted by Gasteiger charge is 2.14. The van der Waals surface area contributed by atoms with Gasteiger partial charge in [0.2, 0.25) is 0 Å². The Morgan fingerprint density at radius 1 is 1.11 bits per heavy atom. The second kappa shape index (κ2) is 9.35. The molecule has 0 radical (unpaired) electrons. The van der Waals surface area contributed by atoms with Gasteiger partial charge < -0.3 is 14.8 Å². The lowest BCUT2D eigenvalue weighted by Crippen LogP contribution is -2.00. The summed E-state index contributed by atoms with van der Waals surface area (Å²) < 4.78 is 5.95. The highest BCUT2D eigenvalue weighted by atomic mass is 35.5. The van der Waals surface area contributed by atoms with Crippen molar-refractivity contribution in [1.82, 2.24) is 4.98 Å². The van der Waals surface area contributed by atoms with E-state index in [1.165, 1.54) is 24.8 Å². The molecule has 2 N–H and O–H groups in total. The van der Waals surface area contributed by atoms with Gasteiger partial charge in [-0.25, -0.2) is 0 Å². The van der Waals surface area contributed by atoms with Crippen molar-refractivity contribution in [1.29, 1.82) is 0 Å². The first-order valence-corrected chi connectivity index (χ1v) is 10.2. The van der Waals surface area contributed by atoms with E-state index in [2.05, 4.69) is 18.1 Å². The number of fused-ring (bicyclic) bond motifs is 1. The van der Waals surface area contributed by atoms with Crippen molar-refractivity contribution in [3.05, 3.63) is 57.7 Å². The van der Waals surface area contributed by atoms with Crippen molar-refractivity contribution >= 4 is 40.1 Å². The summed E-state index contributed by atoms with van der Waals surface area (Å²) in [6.07, 6.45) is 7.80. The molecule has 28 heavy (non-hydrogen) atoms. The van der Waals surface area contributed by atoms with E-state index in [1.54, 1.807) is 12.1 Å². The minimum Gasteiger partial charge on any atom is -0.481 e. The quantitative estimate of drug-likeness (QED) is 0.366. The van der Waals surface area contributed by atoms with E-state index in [1.807, 2.05) is 18.2 Å². The lowest BCUT2D eigenvalue weighted by molar-refractivity contribution is -0.136. The number of aromatic nitrogens is 1. The lowest BCUT2D eigenvalue weighted by Gasteiger charge is -2.11. The molecule has 0 atom stereocenters. The monoisotopic (exact) mass is 419 g/mol. The third kappa shape index (κ3) is 5.00. The standard InChI is InChI=1S/C22H23Cl2NO3/c1-2-3-4-5-6-15-13-25-20-8-7-16(12-17(15)20)28-22-18(23)9-14(10-19(22)24)11-21(26)27/h7-10,12-13,25H,2-6,11H2,1H3,(H,26,27). The van der Waals surface area contributed by atoms with Crippen LogP contribution in [0.3, 0.4) is 0 Å². The molecular formula is C22H23Cl2NO3. The Hall–Kier alpha value is -2.17. The molecule has 4 nitrogen and oxygen atoms in total. The molecule has 2 aromatic carbocycles. The number of aryl methyl sites for hydroxylation is 1. The van der Waals surface area contributed by atoms with Crippen LogP contribution in [0.4, 0.5) is 0 Å². The Labute approximate surface area is 174 Å². The van der Waals surface area contributed by atoms with E-state index in [9.17, 15) is 4.79 Å². The van der Waals surface area contributed by atoms with Gasteiger partial charge in [0.15, 0.2) is 5.75 Å². The SMILES string of the molecule is CCCCCCc1c[nH]c2ccc(Oc3c(Cl)cc(CC(=O)O)cc3Cl)cc12. The number of benzene rings is 2. The van der Waals surface area contributed by atoms with E-state index in [0.717, 1.165) is 23.7 Å². The second-order valence-corrected chi connectivity index (χ2v) is 7.71. The zero-order valence-corrected chi connectivity index (χ0v) is 17.2. The highest BCUT2D eigenvalue weighted by molar-refractivity contribution is 6.37. The Bertz CT molecular complexity index is 958. The fourth-order valence-electron chi connectivity index (χ4n) is 3.27. The number of hydrogen-bond donors (Lipinski definition) is 2. The number of hydrogen-bond acceptors (Lipinski definition) is 2. The van der Waals surface area contributed by atoms with E-state index in [0.29, 0.717) is 17.1 Å². The van der Waals surface area contributed by atoms with Gasteiger partial charge >= 0.3 is 5.97 Å². The predicted octanol–water partition coefficient (Wildman–Crippen LogP) is 7.02. The van der Waals surface area contributed by atoms with Crippen molar-refractivity contribution in [2.45, 2.75) is 45.4 Å². The van der Waals surface area contributed by atoms with E-state index in [4.69, 9.17) is 33.0 Å². The van der Waals surface area contributed by atoms with Crippen LogP contribution >= 0.6 is 23.2 Å². The molecular weight excluding hydrogens is 397 g/mol. The topological polar surface area (TPSA) is 62.3 Å². The maximum absolute atomic E-state index is 10.9. The molecule has 0 saturated carbocycles. The van der Waals surface area contributed by atoms with Gasteiger partial charge in [0.05, 0.1) is 16.5 Å². The summed E-state index contributed by atoms with van der Waals surface area (Å²) in [5.74, 6) is 0.0266. The average Bonchev–Trinajstić information content (AvgIpc) is 3.04. The number of carboxylic acids is 1. The molecule has 0 aliphatic rings. The van der Waals surface area contributed by atoms with Gasteiger partial charge in [-0.2, -0.15) is 0 Å². The summed E-state index contributed by atoms with van der Waals surface area (Å²) in [4.78, 5) is 14.2. The van der Waals surface area contributed by atoms with Crippen LogP contribution in [0.2, 0.25) is 10.0 Å². The van der Waals surface area contributed by atoms with Crippen LogP contribution in [0.25, 0.3) is 10.9 Å². The van der Waals surface area contributed by atoms with Crippen molar-refractivity contribution < 1.29 is 14.6 Å². The molecule has 6 heteroatoms. The molecule has 3 rings (SSSR count). The number of nitrogens with one attached hydrogen (secondary N) is 1. The number of carboxylic acid groups (broad SMARTS) is 1. The minimum atomic E-state index is -0.940. The number of H-pyrrole nitrogens is 1. The number of unbranched alkanes of at least 4 members (excludes halogenated alkanes) is 3. The molecule has 0 aliphatic heterocycles. The van der Waals surface area contributed by atoms with Crippen LogP contribution in [0.15, 0.2) is 36.5 Å². The summed E-state index contributed by atoms with van der Waals surface area (Å²) in [5, 5.41) is 10.6. The molecule has 0 aliphatic carbocycles. The maximum Gasteiger partial charge on any atom is 0.307 e. The summed E-state index contributed by atoms with van der Waals surface area (Å²) in [5.41, 5.74) is 2.86. The molecule has 0 fully saturated rings. The molecule has 1 aromatic heterocycles. The fourth-order valence-corrected chi connectivity index (χ4v) is 3.88.